The van der Waals surface area contributed by atoms with Crippen molar-refractivity contribution in [1.29, 1.82) is 0 Å². The molecule has 0 radical (unpaired) electrons. The summed E-state index contributed by atoms with van der Waals surface area (Å²) in [6.45, 7) is 2.70. The average Bonchev–Trinajstić information content (AvgIpc) is 2.46. The summed E-state index contributed by atoms with van der Waals surface area (Å²) in [5.74, 6) is -0.350. The Hall–Kier alpha value is -1.82. The van der Waals surface area contributed by atoms with Gasteiger partial charge >= 0.3 is 5.97 Å². The SMILES string of the molecule is CCN(CCC(=O)O)C(=O)C1=Cc2cc(Br)ccc2OC1. The molecule has 0 saturated heterocycles. The Morgan fingerprint density at radius 3 is 2.86 bits per heavy atom. The lowest BCUT2D eigenvalue weighted by molar-refractivity contribution is -0.138. The van der Waals surface area contributed by atoms with Gasteiger partial charge in [-0.25, -0.2) is 0 Å². The first-order chi connectivity index (χ1) is 10.0. The van der Waals surface area contributed by atoms with Gasteiger partial charge in [0.15, 0.2) is 0 Å². The van der Waals surface area contributed by atoms with Gasteiger partial charge in [-0.2, -0.15) is 0 Å². The second-order valence-electron chi connectivity index (χ2n) is 4.67. The molecule has 2 rings (SSSR count). The molecule has 6 heteroatoms. The number of rotatable bonds is 5. The van der Waals surface area contributed by atoms with E-state index in [0.717, 1.165) is 15.8 Å². The molecule has 21 heavy (non-hydrogen) atoms. The quantitative estimate of drug-likeness (QED) is 0.883. The fraction of sp³-hybridized carbons (Fsp3) is 0.333. The summed E-state index contributed by atoms with van der Waals surface area (Å²) in [6, 6.07) is 5.61. The zero-order chi connectivity index (χ0) is 15.4. The summed E-state index contributed by atoms with van der Waals surface area (Å²) in [5, 5.41) is 8.73. The Labute approximate surface area is 131 Å². The zero-order valence-electron chi connectivity index (χ0n) is 11.6. The van der Waals surface area contributed by atoms with Gasteiger partial charge in [0.25, 0.3) is 5.91 Å². The molecule has 1 aromatic rings. The van der Waals surface area contributed by atoms with E-state index in [2.05, 4.69) is 15.9 Å². The standard InChI is InChI=1S/C15H16BrNO4/c1-2-17(6-5-14(18)19)15(20)11-7-10-8-12(16)3-4-13(10)21-9-11/h3-4,7-8H,2,5-6,9H2,1H3,(H,18,19). The molecular weight excluding hydrogens is 338 g/mol. The fourth-order valence-electron chi connectivity index (χ4n) is 2.11. The van der Waals surface area contributed by atoms with Crippen LogP contribution in [0.25, 0.3) is 6.08 Å². The van der Waals surface area contributed by atoms with Crippen LogP contribution < -0.4 is 4.74 Å². The molecule has 0 aliphatic carbocycles. The van der Waals surface area contributed by atoms with E-state index in [0.29, 0.717) is 12.1 Å². The molecule has 0 bridgehead atoms. The Morgan fingerprint density at radius 1 is 1.43 bits per heavy atom. The molecule has 1 amide bonds. The van der Waals surface area contributed by atoms with Crippen molar-refractivity contribution in [1.82, 2.24) is 4.90 Å². The largest absolute Gasteiger partial charge is 0.488 e. The van der Waals surface area contributed by atoms with Gasteiger partial charge in [0.1, 0.15) is 12.4 Å². The summed E-state index contributed by atoms with van der Waals surface area (Å²) < 4.78 is 6.49. The molecule has 5 nitrogen and oxygen atoms in total. The Balaban J connectivity index is 2.17. The highest BCUT2D eigenvalue weighted by Crippen LogP contribution is 2.29. The molecule has 0 saturated carbocycles. The van der Waals surface area contributed by atoms with Crippen molar-refractivity contribution in [2.24, 2.45) is 0 Å². The van der Waals surface area contributed by atoms with Crippen LogP contribution in [0.3, 0.4) is 0 Å². The van der Waals surface area contributed by atoms with Crippen LogP contribution in [0, 0.1) is 0 Å². The van der Waals surface area contributed by atoms with E-state index in [1.54, 1.807) is 6.08 Å². The molecule has 0 atom stereocenters. The number of ether oxygens (including phenoxy) is 1. The third kappa shape index (κ3) is 3.85. The van der Waals surface area contributed by atoms with Crippen molar-refractivity contribution in [3.8, 4) is 5.75 Å². The van der Waals surface area contributed by atoms with Crippen LogP contribution in [-0.2, 0) is 9.59 Å². The molecule has 1 aromatic carbocycles. The van der Waals surface area contributed by atoms with Crippen LogP contribution in [0.2, 0.25) is 0 Å². The molecule has 1 aliphatic rings. The minimum Gasteiger partial charge on any atom is -0.488 e. The van der Waals surface area contributed by atoms with Crippen molar-refractivity contribution in [3.05, 3.63) is 33.8 Å². The molecule has 0 spiro atoms. The fourth-order valence-corrected chi connectivity index (χ4v) is 2.49. The Morgan fingerprint density at radius 2 is 2.19 bits per heavy atom. The Bertz CT molecular complexity index is 597. The maximum Gasteiger partial charge on any atom is 0.305 e. The van der Waals surface area contributed by atoms with Gasteiger partial charge in [-0.15, -0.1) is 0 Å². The smallest absolute Gasteiger partial charge is 0.305 e. The van der Waals surface area contributed by atoms with Crippen LogP contribution >= 0.6 is 15.9 Å². The molecule has 0 unspecified atom stereocenters. The number of carbonyl (C=O) groups excluding carboxylic acids is 1. The predicted molar refractivity (Wildman–Crippen MR) is 82.1 cm³/mol. The number of carboxylic acids is 1. The first kappa shape index (κ1) is 15.6. The van der Waals surface area contributed by atoms with Crippen LogP contribution in [0.15, 0.2) is 28.2 Å². The zero-order valence-corrected chi connectivity index (χ0v) is 13.2. The number of halogens is 1. The molecular formula is C15H16BrNO4. The van der Waals surface area contributed by atoms with Crippen molar-refractivity contribution in [2.45, 2.75) is 13.3 Å². The number of aliphatic carboxylic acids is 1. The number of hydrogen-bond acceptors (Lipinski definition) is 3. The number of nitrogens with zero attached hydrogens (tertiary/aromatic N) is 1. The average molecular weight is 354 g/mol. The molecule has 1 heterocycles. The van der Waals surface area contributed by atoms with Crippen LogP contribution in [0.4, 0.5) is 0 Å². The molecule has 1 aliphatic heterocycles. The van der Waals surface area contributed by atoms with E-state index in [1.165, 1.54) is 4.90 Å². The van der Waals surface area contributed by atoms with Gasteiger partial charge < -0.3 is 14.7 Å². The molecule has 0 fully saturated rings. The van der Waals surface area contributed by atoms with E-state index >= 15 is 0 Å². The van der Waals surface area contributed by atoms with Crippen molar-refractivity contribution in [3.63, 3.8) is 0 Å². The second kappa shape index (κ2) is 6.76. The van der Waals surface area contributed by atoms with Crippen LogP contribution in [0.1, 0.15) is 18.9 Å². The highest BCUT2D eigenvalue weighted by Gasteiger charge is 2.22. The van der Waals surface area contributed by atoms with Gasteiger partial charge in [-0.05, 0) is 31.2 Å². The number of fused-ring (bicyclic) bond motifs is 1. The Kier molecular flexibility index (Phi) is 5.01. The number of carbonyl (C=O) groups is 2. The highest BCUT2D eigenvalue weighted by atomic mass is 79.9. The highest BCUT2D eigenvalue weighted by molar-refractivity contribution is 9.10. The van der Waals surface area contributed by atoms with E-state index in [1.807, 2.05) is 25.1 Å². The summed E-state index contributed by atoms with van der Waals surface area (Å²) in [6.07, 6.45) is 1.74. The van der Waals surface area contributed by atoms with Crippen molar-refractivity contribution >= 4 is 33.9 Å². The molecule has 0 aromatic heterocycles. The molecule has 112 valence electrons. The normalized spacial score (nSPS) is 13.0. The third-order valence-electron chi connectivity index (χ3n) is 3.22. The van der Waals surface area contributed by atoms with Gasteiger partial charge in [-0.3, -0.25) is 9.59 Å². The second-order valence-corrected chi connectivity index (χ2v) is 5.58. The predicted octanol–water partition coefficient (Wildman–Crippen LogP) is 2.55. The first-order valence-corrected chi connectivity index (χ1v) is 7.44. The first-order valence-electron chi connectivity index (χ1n) is 6.65. The van der Waals surface area contributed by atoms with E-state index in [9.17, 15) is 9.59 Å². The van der Waals surface area contributed by atoms with Gasteiger partial charge in [-0.1, -0.05) is 15.9 Å². The van der Waals surface area contributed by atoms with E-state index in [4.69, 9.17) is 9.84 Å². The van der Waals surface area contributed by atoms with Crippen LogP contribution in [-0.4, -0.2) is 41.6 Å². The lowest BCUT2D eigenvalue weighted by Gasteiger charge is -2.24. The number of amides is 1. The van der Waals surface area contributed by atoms with Gasteiger partial charge in [0.2, 0.25) is 0 Å². The number of hydrogen-bond donors (Lipinski definition) is 1. The summed E-state index contributed by atoms with van der Waals surface area (Å²) in [7, 11) is 0. The maximum absolute atomic E-state index is 12.4. The van der Waals surface area contributed by atoms with Crippen LogP contribution in [0.5, 0.6) is 5.75 Å². The lowest BCUT2D eigenvalue weighted by Crippen LogP contribution is -2.35. The molecule has 1 N–H and O–H groups in total. The third-order valence-corrected chi connectivity index (χ3v) is 3.72. The number of benzene rings is 1. The topological polar surface area (TPSA) is 66.8 Å². The summed E-state index contributed by atoms with van der Waals surface area (Å²) in [4.78, 5) is 24.6. The summed E-state index contributed by atoms with van der Waals surface area (Å²) in [5.41, 5.74) is 1.38. The summed E-state index contributed by atoms with van der Waals surface area (Å²) >= 11 is 3.39. The minimum atomic E-state index is -0.913. The van der Waals surface area contributed by atoms with Gasteiger partial charge in [0, 0.05) is 23.1 Å². The number of likely N-dealkylation sites (N-methyl/N-ethyl adjacent to an activating group) is 1. The van der Waals surface area contributed by atoms with E-state index in [-0.39, 0.29) is 25.5 Å². The van der Waals surface area contributed by atoms with Gasteiger partial charge in [0.05, 0.1) is 12.0 Å². The number of carboxylic acid groups (broad SMARTS) is 1. The lowest BCUT2D eigenvalue weighted by atomic mass is 10.1. The maximum atomic E-state index is 12.4. The van der Waals surface area contributed by atoms with Crippen molar-refractivity contribution < 1.29 is 19.4 Å². The van der Waals surface area contributed by atoms with E-state index < -0.39 is 5.97 Å². The monoisotopic (exact) mass is 353 g/mol. The minimum absolute atomic E-state index is 0.0597. The van der Waals surface area contributed by atoms with Crippen molar-refractivity contribution in [2.75, 3.05) is 19.7 Å².